The van der Waals surface area contributed by atoms with Gasteiger partial charge in [-0.1, -0.05) is 24.3 Å². The number of hydrogen-bond acceptors (Lipinski definition) is 3. The molecule has 2 aromatic carbocycles. The Morgan fingerprint density at radius 2 is 1.77 bits per heavy atom. The molecule has 110 valence electrons. The van der Waals surface area contributed by atoms with Gasteiger partial charge in [-0.2, -0.15) is 0 Å². The second-order valence-corrected chi connectivity index (χ2v) is 5.45. The molecule has 0 bridgehead atoms. The monoisotopic (exact) mass is 292 g/mol. The van der Waals surface area contributed by atoms with Crippen molar-refractivity contribution in [2.24, 2.45) is 0 Å². The van der Waals surface area contributed by atoms with E-state index in [1.54, 1.807) is 12.1 Å². The largest absolute Gasteiger partial charge is 0.378 e. The highest BCUT2D eigenvalue weighted by Gasteiger charge is 2.15. The average molecular weight is 292 g/mol. The third-order valence-corrected chi connectivity index (χ3v) is 3.73. The number of nitrogens with zero attached hydrogens (tertiary/aromatic N) is 2. The Balaban J connectivity index is 1.92. The number of fused-ring (bicyclic) bond motifs is 1. The summed E-state index contributed by atoms with van der Waals surface area (Å²) in [6.07, 6.45) is 6.00. The van der Waals surface area contributed by atoms with Gasteiger partial charge in [0.15, 0.2) is 0 Å². The number of non-ortho nitro benzene ring substituents is 1. The minimum atomic E-state index is -0.365. The molecule has 4 nitrogen and oxygen atoms in total. The van der Waals surface area contributed by atoms with E-state index in [1.165, 1.54) is 0 Å². The second kappa shape index (κ2) is 5.48. The normalized spacial score (nSPS) is 14.2. The molecule has 0 amide bonds. The van der Waals surface area contributed by atoms with Crippen molar-refractivity contribution in [1.82, 2.24) is 0 Å². The predicted octanol–water partition coefficient (Wildman–Crippen LogP) is 4.23. The van der Waals surface area contributed by atoms with E-state index >= 15 is 0 Å². The Bertz CT molecular complexity index is 787. The van der Waals surface area contributed by atoms with Crippen LogP contribution in [-0.4, -0.2) is 19.0 Å². The van der Waals surface area contributed by atoms with E-state index in [4.69, 9.17) is 0 Å². The number of allylic oxidation sites excluding steroid dienone is 2. The molecular formula is C18H16N2O2. The number of benzene rings is 2. The molecule has 0 spiro atoms. The van der Waals surface area contributed by atoms with Gasteiger partial charge in [0.25, 0.3) is 5.69 Å². The highest BCUT2D eigenvalue weighted by atomic mass is 16.6. The topological polar surface area (TPSA) is 46.4 Å². The van der Waals surface area contributed by atoms with Gasteiger partial charge in [0.1, 0.15) is 0 Å². The summed E-state index contributed by atoms with van der Waals surface area (Å²) < 4.78 is 0. The highest BCUT2D eigenvalue weighted by molar-refractivity contribution is 5.98. The van der Waals surface area contributed by atoms with Crippen LogP contribution in [0.15, 0.2) is 48.5 Å². The zero-order valence-electron chi connectivity index (χ0n) is 12.5. The second-order valence-electron chi connectivity index (χ2n) is 5.45. The van der Waals surface area contributed by atoms with Gasteiger partial charge >= 0.3 is 0 Å². The smallest absolute Gasteiger partial charge is 0.270 e. The van der Waals surface area contributed by atoms with Crippen molar-refractivity contribution in [1.29, 1.82) is 0 Å². The molecule has 1 aliphatic carbocycles. The fourth-order valence-electron chi connectivity index (χ4n) is 2.51. The van der Waals surface area contributed by atoms with E-state index in [0.29, 0.717) is 0 Å². The van der Waals surface area contributed by atoms with Crippen LogP contribution in [0.2, 0.25) is 0 Å². The number of nitro benzene ring substituents is 1. The van der Waals surface area contributed by atoms with Crippen molar-refractivity contribution in [3.8, 4) is 0 Å². The standard InChI is InChI=1S/C18H16N2O2/c1-19(2)16-7-3-13(4-8-16)11-14-5-6-15-12-17(20(21)22)9-10-18(14)15/h3-12H,1-2H3/b14-11+. The first-order valence-electron chi connectivity index (χ1n) is 7.00. The summed E-state index contributed by atoms with van der Waals surface area (Å²) in [7, 11) is 4.02. The molecule has 0 atom stereocenters. The van der Waals surface area contributed by atoms with Crippen molar-refractivity contribution in [2.75, 3.05) is 19.0 Å². The average Bonchev–Trinajstić information content (AvgIpc) is 2.90. The first kappa shape index (κ1) is 14.1. The fourth-order valence-corrected chi connectivity index (χ4v) is 2.51. The van der Waals surface area contributed by atoms with E-state index in [0.717, 1.165) is 28.0 Å². The van der Waals surface area contributed by atoms with Gasteiger partial charge in [-0.3, -0.25) is 10.1 Å². The molecule has 0 saturated heterocycles. The maximum absolute atomic E-state index is 10.8. The molecule has 3 rings (SSSR count). The lowest BCUT2D eigenvalue weighted by atomic mass is 10.0. The van der Waals surface area contributed by atoms with Crippen molar-refractivity contribution in [3.05, 3.63) is 75.3 Å². The summed E-state index contributed by atoms with van der Waals surface area (Å²) >= 11 is 0. The lowest BCUT2D eigenvalue weighted by Crippen LogP contribution is -2.07. The van der Waals surface area contributed by atoms with E-state index in [1.807, 2.05) is 32.3 Å². The first-order chi connectivity index (χ1) is 10.5. The number of rotatable bonds is 3. The van der Waals surface area contributed by atoms with Crippen LogP contribution in [0.1, 0.15) is 16.7 Å². The van der Waals surface area contributed by atoms with Crippen LogP contribution >= 0.6 is 0 Å². The van der Waals surface area contributed by atoms with Gasteiger partial charge in [0.2, 0.25) is 0 Å². The van der Waals surface area contributed by atoms with Gasteiger partial charge in [0, 0.05) is 31.9 Å². The molecule has 22 heavy (non-hydrogen) atoms. The van der Waals surface area contributed by atoms with Gasteiger partial charge < -0.3 is 4.90 Å². The fraction of sp³-hybridized carbons (Fsp3) is 0.111. The molecule has 0 fully saturated rings. The van der Waals surface area contributed by atoms with Crippen LogP contribution in [0.3, 0.4) is 0 Å². The maximum Gasteiger partial charge on any atom is 0.270 e. The molecule has 0 aromatic heterocycles. The van der Waals surface area contributed by atoms with Crippen molar-refractivity contribution < 1.29 is 4.92 Å². The summed E-state index contributed by atoms with van der Waals surface area (Å²) in [6.45, 7) is 0. The third-order valence-electron chi connectivity index (χ3n) is 3.73. The molecule has 0 aliphatic heterocycles. The summed E-state index contributed by atoms with van der Waals surface area (Å²) in [6, 6.07) is 13.3. The first-order valence-corrected chi connectivity index (χ1v) is 7.00. The summed E-state index contributed by atoms with van der Waals surface area (Å²) in [5, 5.41) is 10.8. The molecule has 1 aliphatic rings. The molecule has 4 heteroatoms. The maximum atomic E-state index is 10.8. The highest BCUT2D eigenvalue weighted by Crippen LogP contribution is 2.33. The third kappa shape index (κ3) is 2.63. The summed E-state index contributed by atoms with van der Waals surface area (Å²) in [5.41, 5.74) is 5.38. The van der Waals surface area contributed by atoms with Crippen LogP contribution in [0.4, 0.5) is 11.4 Å². The Hall–Kier alpha value is -2.88. The van der Waals surface area contributed by atoms with Crippen LogP contribution in [-0.2, 0) is 0 Å². The van der Waals surface area contributed by atoms with Crippen LogP contribution in [0, 0.1) is 10.1 Å². The molecule has 0 N–H and O–H groups in total. The molecule has 0 radical (unpaired) electrons. The lowest BCUT2D eigenvalue weighted by Gasteiger charge is -2.12. The Kier molecular flexibility index (Phi) is 3.51. The van der Waals surface area contributed by atoms with Crippen LogP contribution in [0.25, 0.3) is 17.7 Å². The van der Waals surface area contributed by atoms with E-state index in [-0.39, 0.29) is 10.6 Å². The van der Waals surface area contributed by atoms with E-state index in [9.17, 15) is 10.1 Å². The number of nitro groups is 1. The Morgan fingerprint density at radius 3 is 2.41 bits per heavy atom. The molecular weight excluding hydrogens is 276 g/mol. The zero-order chi connectivity index (χ0) is 15.7. The van der Waals surface area contributed by atoms with E-state index < -0.39 is 0 Å². The van der Waals surface area contributed by atoms with Crippen molar-refractivity contribution in [3.63, 3.8) is 0 Å². The number of hydrogen-bond donors (Lipinski definition) is 0. The van der Waals surface area contributed by atoms with Crippen LogP contribution in [0.5, 0.6) is 0 Å². The molecule has 0 saturated carbocycles. The van der Waals surface area contributed by atoms with Crippen LogP contribution < -0.4 is 4.90 Å². The summed E-state index contributed by atoms with van der Waals surface area (Å²) in [5.74, 6) is 0. The van der Waals surface area contributed by atoms with E-state index in [2.05, 4.69) is 35.2 Å². The quantitative estimate of drug-likeness (QED) is 0.628. The minimum absolute atomic E-state index is 0.125. The van der Waals surface area contributed by atoms with Crippen molar-refractivity contribution >= 4 is 29.1 Å². The molecule has 2 aromatic rings. The SMILES string of the molecule is CN(C)c1ccc(/C=C2\C=Cc3cc([N+](=O)[O-])ccc32)cc1. The Morgan fingerprint density at radius 1 is 1.05 bits per heavy atom. The summed E-state index contributed by atoms with van der Waals surface area (Å²) in [4.78, 5) is 12.5. The molecule has 0 heterocycles. The lowest BCUT2D eigenvalue weighted by molar-refractivity contribution is -0.384. The predicted molar refractivity (Wildman–Crippen MR) is 90.8 cm³/mol. The van der Waals surface area contributed by atoms with Gasteiger partial charge in [-0.25, -0.2) is 0 Å². The van der Waals surface area contributed by atoms with Crippen molar-refractivity contribution in [2.45, 2.75) is 0 Å². The zero-order valence-corrected chi connectivity index (χ0v) is 12.5. The minimum Gasteiger partial charge on any atom is -0.378 e. The van der Waals surface area contributed by atoms with Gasteiger partial charge in [-0.05, 0) is 46.5 Å². The van der Waals surface area contributed by atoms with Gasteiger partial charge in [0.05, 0.1) is 4.92 Å². The molecule has 0 unspecified atom stereocenters. The van der Waals surface area contributed by atoms with Gasteiger partial charge in [-0.15, -0.1) is 0 Å². The Labute approximate surface area is 129 Å². The number of anilines is 1.